The molecule has 0 heterocycles. The lowest BCUT2D eigenvalue weighted by atomic mass is 10.2. The van der Waals surface area contributed by atoms with Crippen molar-refractivity contribution in [3.05, 3.63) is 60.5 Å². The second kappa shape index (κ2) is 6.55. The van der Waals surface area contributed by atoms with Crippen LogP contribution in [0.5, 0.6) is 0 Å². The number of halogens is 5. The molecule has 1 nitrogen and oxygen atoms in total. The minimum absolute atomic E-state index is 0.487. The molecule has 2 rings (SSSR count). The van der Waals surface area contributed by atoms with Gasteiger partial charge < -0.3 is 5.32 Å². The van der Waals surface area contributed by atoms with Crippen LogP contribution in [0.1, 0.15) is 5.56 Å². The van der Waals surface area contributed by atoms with Crippen molar-refractivity contribution in [1.29, 1.82) is 0 Å². The SMILES string of the molecule is Clc1cc(Cl)c(NCc2ccc(Br)c(Cl)c2)c(Cl)c1. The Morgan fingerprint density at radius 1 is 0.895 bits per heavy atom. The van der Waals surface area contributed by atoms with Crippen molar-refractivity contribution in [2.24, 2.45) is 0 Å². The predicted molar refractivity (Wildman–Crippen MR) is 88.0 cm³/mol. The van der Waals surface area contributed by atoms with Crippen LogP contribution in [0.15, 0.2) is 34.8 Å². The van der Waals surface area contributed by atoms with Gasteiger partial charge in [-0.2, -0.15) is 0 Å². The van der Waals surface area contributed by atoms with E-state index in [-0.39, 0.29) is 0 Å². The fourth-order valence-electron chi connectivity index (χ4n) is 1.55. The van der Waals surface area contributed by atoms with Crippen LogP contribution in [-0.2, 0) is 6.54 Å². The van der Waals surface area contributed by atoms with E-state index in [1.54, 1.807) is 12.1 Å². The second-order valence-electron chi connectivity index (χ2n) is 3.85. The highest BCUT2D eigenvalue weighted by atomic mass is 79.9. The van der Waals surface area contributed by atoms with Gasteiger partial charge in [0.05, 0.1) is 20.8 Å². The van der Waals surface area contributed by atoms with E-state index < -0.39 is 0 Å². The summed E-state index contributed by atoms with van der Waals surface area (Å²) >= 11 is 27.4. The summed E-state index contributed by atoms with van der Waals surface area (Å²) in [6, 6.07) is 9.01. The van der Waals surface area contributed by atoms with Crippen molar-refractivity contribution in [1.82, 2.24) is 0 Å². The topological polar surface area (TPSA) is 12.0 Å². The van der Waals surface area contributed by atoms with Gasteiger partial charge in [0.2, 0.25) is 0 Å². The molecule has 0 aliphatic carbocycles. The van der Waals surface area contributed by atoms with Gasteiger partial charge in [0.1, 0.15) is 0 Å². The number of rotatable bonds is 3. The fourth-order valence-corrected chi connectivity index (χ4v) is 2.95. The first-order valence-electron chi connectivity index (χ1n) is 5.29. The molecule has 0 bridgehead atoms. The smallest absolute Gasteiger partial charge is 0.0722 e. The van der Waals surface area contributed by atoms with Crippen LogP contribution in [0.3, 0.4) is 0 Å². The summed E-state index contributed by atoms with van der Waals surface area (Å²) < 4.78 is 0.862. The molecule has 0 saturated heterocycles. The van der Waals surface area contributed by atoms with Crippen LogP contribution in [0.2, 0.25) is 20.1 Å². The molecule has 6 heteroatoms. The maximum Gasteiger partial charge on any atom is 0.0722 e. The molecule has 2 aromatic carbocycles. The lowest BCUT2D eigenvalue weighted by molar-refractivity contribution is 1.15. The van der Waals surface area contributed by atoms with Crippen LogP contribution in [0.25, 0.3) is 0 Å². The minimum atomic E-state index is 0.487. The van der Waals surface area contributed by atoms with E-state index in [9.17, 15) is 0 Å². The number of benzene rings is 2. The Labute approximate surface area is 139 Å². The van der Waals surface area contributed by atoms with Crippen molar-refractivity contribution >= 4 is 68.0 Å². The van der Waals surface area contributed by atoms with E-state index in [2.05, 4.69) is 21.2 Å². The van der Waals surface area contributed by atoms with E-state index in [1.165, 1.54) is 0 Å². The Hall–Kier alpha value is -0.120. The molecule has 0 amide bonds. The first-order chi connectivity index (χ1) is 8.97. The van der Waals surface area contributed by atoms with E-state index >= 15 is 0 Å². The molecule has 19 heavy (non-hydrogen) atoms. The van der Waals surface area contributed by atoms with Crippen LogP contribution in [-0.4, -0.2) is 0 Å². The summed E-state index contributed by atoms with van der Waals surface area (Å²) in [5.41, 5.74) is 1.68. The molecular formula is C13H8BrCl4N. The maximum absolute atomic E-state index is 6.09. The molecule has 0 radical (unpaired) electrons. The first-order valence-corrected chi connectivity index (χ1v) is 7.60. The zero-order valence-electron chi connectivity index (χ0n) is 9.48. The van der Waals surface area contributed by atoms with Crippen molar-refractivity contribution in [2.45, 2.75) is 6.54 Å². The first kappa shape index (κ1) is 15.3. The zero-order chi connectivity index (χ0) is 14.0. The van der Waals surface area contributed by atoms with E-state index in [0.717, 1.165) is 10.0 Å². The highest BCUT2D eigenvalue weighted by Crippen LogP contribution is 2.34. The Morgan fingerprint density at radius 3 is 2.11 bits per heavy atom. The second-order valence-corrected chi connectivity index (χ2v) is 6.36. The molecule has 0 saturated carbocycles. The molecule has 0 aliphatic rings. The van der Waals surface area contributed by atoms with Gasteiger partial charge in [-0.15, -0.1) is 0 Å². The Morgan fingerprint density at radius 2 is 1.53 bits per heavy atom. The summed E-state index contributed by atoms with van der Waals surface area (Å²) in [5, 5.41) is 5.31. The number of nitrogens with one attached hydrogen (secondary N) is 1. The van der Waals surface area contributed by atoms with Gasteiger partial charge in [-0.1, -0.05) is 52.5 Å². The summed E-state index contributed by atoms with van der Waals surface area (Å²) in [6.07, 6.45) is 0. The minimum Gasteiger partial charge on any atom is -0.379 e. The van der Waals surface area contributed by atoms with Crippen molar-refractivity contribution in [3.8, 4) is 0 Å². The summed E-state index contributed by atoms with van der Waals surface area (Å²) in [4.78, 5) is 0. The lowest BCUT2D eigenvalue weighted by Crippen LogP contribution is -2.00. The molecule has 1 N–H and O–H groups in total. The Balaban J connectivity index is 2.16. The number of anilines is 1. The Kier molecular flexibility index (Phi) is 5.27. The third-order valence-electron chi connectivity index (χ3n) is 2.46. The number of hydrogen-bond acceptors (Lipinski definition) is 1. The van der Waals surface area contributed by atoms with Crippen LogP contribution < -0.4 is 5.32 Å². The average molecular weight is 400 g/mol. The summed E-state index contributed by atoms with van der Waals surface area (Å²) in [6.45, 7) is 0.564. The van der Waals surface area contributed by atoms with Crippen LogP contribution in [0.4, 0.5) is 5.69 Å². The zero-order valence-corrected chi connectivity index (χ0v) is 14.1. The molecule has 0 aromatic heterocycles. The largest absolute Gasteiger partial charge is 0.379 e. The van der Waals surface area contributed by atoms with Crippen LogP contribution in [0, 0.1) is 0 Å². The van der Waals surface area contributed by atoms with Crippen molar-refractivity contribution < 1.29 is 0 Å². The quantitative estimate of drug-likeness (QED) is 0.607. The van der Waals surface area contributed by atoms with Gasteiger partial charge in [0.25, 0.3) is 0 Å². The molecule has 0 spiro atoms. The van der Waals surface area contributed by atoms with Crippen LogP contribution >= 0.6 is 62.3 Å². The molecule has 0 aliphatic heterocycles. The maximum atomic E-state index is 6.09. The normalized spacial score (nSPS) is 10.6. The molecule has 100 valence electrons. The molecule has 0 unspecified atom stereocenters. The molecular weight excluding hydrogens is 392 g/mol. The lowest BCUT2D eigenvalue weighted by Gasteiger charge is -2.11. The summed E-state index contributed by atoms with van der Waals surface area (Å²) in [5.74, 6) is 0. The monoisotopic (exact) mass is 397 g/mol. The number of hydrogen-bond donors (Lipinski definition) is 1. The standard InChI is InChI=1S/C13H8BrCl4N/c14-9-2-1-7(3-10(9)16)6-19-13-11(17)4-8(15)5-12(13)18/h1-5,19H,6H2. The van der Waals surface area contributed by atoms with Gasteiger partial charge in [-0.3, -0.25) is 0 Å². The van der Waals surface area contributed by atoms with Gasteiger partial charge in [0.15, 0.2) is 0 Å². The molecule has 0 atom stereocenters. The fraction of sp³-hybridized carbons (Fsp3) is 0.0769. The van der Waals surface area contributed by atoms with Gasteiger partial charge in [0, 0.05) is 16.0 Å². The van der Waals surface area contributed by atoms with E-state index in [0.29, 0.717) is 32.3 Å². The van der Waals surface area contributed by atoms with E-state index in [1.807, 2.05) is 18.2 Å². The van der Waals surface area contributed by atoms with Gasteiger partial charge >= 0.3 is 0 Å². The van der Waals surface area contributed by atoms with Crippen molar-refractivity contribution in [3.63, 3.8) is 0 Å². The average Bonchev–Trinajstić information content (AvgIpc) is 2.32. The summed E-state index contributed by atoms with van der Waals surface area (Å²) in [7, 11) is 0. The third-order valence-corrected chi connectivity index (χ3v) is 4.51. The molecule has 2 aromatic rings. The highest BCUT2D eigenvalue weighted by molar-refractivity contribution is 9.10. The Bertz CT molecular complexity index is 593. The molecule has 0 fully saturated rings. The van der Waals surface area contributed by atoms with E-state index in [4.69, 9.17) is 46.4 Å². The third kappa shape index (κ3) is 3.93. The van der Waals surface area contributed by atoms with Gasteiger partial charge in [-0.25, -0.2) is 0 Å². The van der Waals surface area contributed by atoms with Crippen molar-refractivity contribution in [2.75, 3.05) is 5.32 Å². The van der Waals surface area contributed by atoms with Gasteiger partial charge in [-0.05, 0) is 45.8 Å². The highest BCUT2D eigenvalue weighted by Gasteiger charge is 2.08. The predicted octanol–water partition coefficient (Wildman–Crippen LogP) is 6.67.